The summed E-state index contributed by atoms with van der Waals surface area (Å²) in [7, 11) is 0. The van der Waals surface area contributed by atoms with Gasteiger partial charge in [-0.05, 0) is 22.4 Å². The standard InChI is InChI=1S/C12H13BrN8/c1-2-3-15-10-17-11(20-5-4-14-8-20)19-12(18-10)21-7-9(13)6-16-21/h4-8H,2-3H2,1H3,(H,15,17,18,19). The van der Waals surface area contributed by atoms with E-state index in [1.54, 1.807) is 40.4 Å². The first-order valence-electron chi connectivity index (χ1n) is 6.45. The Labute approximate surface area is 129 Å². The van der Waals surface area contributed by atoms with Crippen molar-refractivity contribution >= 4 is 21.9 Å². The van der Waals surface area contributed by atoms with Crippen LogP contribution in [-0.4, -0.2) is 40.8 Å². The molecule has 0 saturated heterocycles. The van der Waals surface area contributed by atoms with Crippen molar-refractivity contribution < 1.29 is 0 Å². The number of hydrogen-bond acceptors (Lipinski definition) is 6. The molecule has 1 N–H and O–H groups in total. The van der Waals surface area contributed by atoms with Crippen molar-refractivity contribution in [2.45, 2.75) is 13.3 Å². The number of nitrogens with zero attached hydrogens (tertiary/aromatic N) is 7. The van der Waals surface area contributed by atoms with Gasteiger partial charge in [0, 0.05) is 25.1 Å². The topological polar surface area (TPSA) is 86.3 Å². The summed E-state index contributed by atoms with van der Waals surface area (Å²) in [5.74, 6) is 1.44. The number of nitrogens with one attached hydrogen (secondary N) is 1. The fraction of sp³-hybridized carbons (Fsp3) is 0.250. The minimum atomic E-state index is 0.443. The Morgan fingerprint density at radius 2 is 2.10 bits per heavy atom. The highest BCUT2D eigenvalue weighted by atomic mass is 79.9. The smallest absolute Gasteiger partial charge is 0.257 e. The summed E-state index contributed by atoms with van der Waals surface area (Å²) in [5, 5.41) is 7.36. The maximum absolute atomic E-state index is 4.41. The van der Waals surface area contributed by atoms with E-state index in [4.69, 9.17) is 0 Å². The molecule has 0 unspecified atom stereocenters. The van der Waals surface area contributed by atoms with Crippen molar-refractivity contribution in [3.63, 3.8) is 0 Å². The van der Waals surface area contributed by atoms with Crippen LogP contribution in [0.25, 0.3) is 11.9 Å². The Kier molecular flexibility index (Phi) is 3.91. The molecule has 108 valence electrons. The zero-order chi connectivity index (χ0) is 14.7. The van der Waals surface area contributed by atoms with Crippen LogP contribution >= 0.6 is 15.9 Å². The maximum atomic E-state index is 4.41. The molecule has 3 aromatic heterocycles. The normalized spacial score (nSPS) is 10.8. The van der Waals surface area contributed by atoms with E-state index < -0.39 is 0 Å². The second-order valence-corrected chi connectivity index (χ2v) is 5.17. The summed E-state index contributed by atoms with van der Waals surface area (Å²) >= 11 is 3.36. The molecule has 3 heterocycles. The van der Waals surface area contributed by atoms with Crippen LogP contribution in [0, 0.1) is 0 Å². The average Bonchev–Trinajstić information content (AvgIpc) is 3.16. The predicted molar refractivity (Wildman–Crippen MR) is 80.6 cm³/mol. The summed E-state index contributed by atoms with van der Waals surface area (Å²) < 4.78 is 4.17. The van der Waals surface area contributed by atoms with E-state index in [-0.39, 0.29) is 0 Å². The number of halogens is 1. The molecule has 0 aromatic carbocycles. The third-order valence-corrected chi connectivity index (χ3v) is 3.05. The Balaban J connectivity index is 2.04. The summed E-state index contributed by atoms with van der Waals surface area (Å²) in [6.45, 7) is 2.87. The lowest BCUT2D eigenvalue weighted by molar-refractivity contribution is 0.772. The van der Waals surface area contributed by atoms with Gasteiger partial charge in [-0.1, -0.05) is 6.92 Å². The minimum Gasteiger partial charge on any atom is -0.354 e. The van der Waals surface area contributed by atoms with E-state index in [2.05, 4.69) is 53.2 Å². The molecule has 0 aliphatic carbocycles. The number of hydrogen-bond donors (Lipinski definition) is 1. The van der Waals surface area contributed by atoms with Gasteiger partial charge in [0.05, 0.1) is 10.7 Å². The molecule has 3 rings (SSSR count). The van der Waals surface area contributed by atoms with Crippen LogP contribution in [-0.2, 0) is 0 Å². The van der Waals surface area contributed by atoms with E-state index in [1.165, 1.54) is 0 Å². The Bertz CT molecular complexity index is 721. The van der Waals surface area contributed by atoms with Crippen molar-refractivity contribution in [1.29, 1.82) is 0 Å². The van der Waals surface area contributed by atoms with Gasteiger partial charge in [-0.25, -0.2) is 9.67 Å². The lowest BCUT2D eigenvalue weighted by atomic mass is 10.5. The third-order valence-electron chi connectivity index (χ3n) is 2.64. The van der Waals surface area contributed by atoms with Crippen LogP contribution in [0.3, 0.4) is 0 Å². The second-order valence-electron chi connectivity index (χ2n) is 4.26. The molecule has 9 heteroatoms. The monoisotopic (exact) mass is 348 g/mol. The van der Waals surface area contributed by atoms with Gasteiger partial charge in [-0.3, -0.25) is 4.57 Å². The highest BCUT2D eigenvalue weighted by molar-refractivity contribution is 9.10. The molecule has 0 amide bonds. The quantitative estimate of drug-likeness (QED) is 0.756. The minimum absolute atomic E-state index is 0.443. The SMILES string of the molecule is CCCNc1nc(-n2ccnc2)nc(-n2cc(Br)cn2)n1. The summed E-state index contributed by atoms with van der Waals surface area (Å²) in [6, 6.07) is 0. The van der Waals surface area contributed by atoms with Gasteiger partial charge >= 0.3 is 0 Å². The fourth-order valence-corrected chi connectivity index (χ4v) is 1.96. The molecule has 0 spiro atoms. The summed E-state index contributed by atoms with van der Waals surface area (Å²) in [6.07, 6.45) is 9.54. The molecule has 0 fully saturated rings. The van der Waals surface area contributed by atoms with Crippen LogP contribution in [0.15, 0.2) is 35.6 Å². The molecule has 0 radical (unpaired) electrons. The van der Waals surface area contributed by atoms with E-state index in [0.29, 0.717) is 17.8 Å². The van der Waals surface area contributed by atoms with E-state index >= 15 is 0 Å². The molecule has 0 atom stereocenters. The zero-order valence-corrected chi connectivity index (χ0v) is 12.9. The largest absolute Gasteiger partial charge is 0.354 e. The van der Waals surface area contributed by atoms with Crippen molar-refractivity contribution in [1.82, 2.24) is 34.3 Å². The Hall–Kier alpha value is -2.29. The van der Waals surface area contributed by atoms with Gasteiger partial charge in [0.1, 0.15) is 6.33 Å². The van der Waals surface area contributed by atoms with Gasteiger partial charge in [0.25, 0.3) is 5.95 Å². The van der Waals surface area contributed by atoms with E-state index in [9.17, 15) is 0 Å². The molecule has 0 saturated carbocycles. The van der Waals surface area contributed by atoms with Crippen molar-refractivity contribution in [3.05, 3.63) is 35.6 Å². The van der Waals surface area contributed by atoms with Crippen LogP contribution in [0.5, 0.6) is 0 Å². The van der Waals surface area contributed by atoms with Gasteiger partial charge < -0.3 is 5.32 Å². The summed E-state index contributed by atoms with van der Waals surface area (Å²) in [4.78, 5) is 17.2. The van der Waals surface area contributed by atoms with Crippen LogP contribution in [0.2, 0.25) is 0 Å². The molecule has 0 aliphatic rings. The van der Waals surface area contributed by atoms with Gasteiger partial charge in [0.2, 0.25) is 11.9 Å². The maximum Gasteiger partial charge on any atom is 0.257 e. The molecule has 21 heavy (non-hydrogen) atoms. The molecule has 0 aliphatic heterocycles. The second kappa shape index (κ2) is 6.00. The number of rotatable bonds is 5. The Morgan fingerprint density at radius 1 is 1.24 bits per heavy atom. The number of aromatic nitrogens is 7. The van der Waals surface area contributed by atoms with Gasteiger partial charge in [-0.15, -0.1) is 0 Å². The van der Waals surface area contributed by atoms with Crippen molar-refractivity contribution in [3.8, 4) is 11.9 Å². The Morgan fingerprint density at radius 3 is 2.76 bits per heavy atom. The fourth-order valence-electron chi connectivity index (χ4n) is 1.68. The van der Waals surface area contributed by atoms with Crippen LogP contribution in [0.1, 0.15) is 13.3 Å². The van der Waals surface area contributed by atoms with Crippen molar-refractivity contribution in [2.24, 2.45) is 0 Å². The molecule has 8 nitrogen and oxygen atoms in total. The molecular weight excluding hydrogens is 336 g/mol. The lowest BCUT2D eigenvalue weighted by Crippen LogP contribution is -2.13. The average molecular weight is 349 g/mol. The lowest BCUT2D eigenvalue weighted by Gasteiger charge is -2.08. The highest BCUT2D eigenvalue weighted by Crippen LogP contribution is 2.12. The molecule has 0 bridgehead atoms. The van der Waals surface area contributed by atoms with Gasteiger partial charge in [0.15, 0.2) is 0 Å². The van der Waals surface area contributed by atoms with Crippen LogP contribution < -0.4 is 5.32 Å². The van der Waals surface area contributed by atoms with E-state index in [0.717, 1.165) is 17.4 Å². The first-order chi connectivity index (χ1) is 10.3. The number of anilines is 1. The number of imidazole rings is 1. The molecular formula is C12H13BrN8. The summed E-state index contributed by atoms with van der Waals surface area (Å²) in [5.41, 5.74) is 0. The first-order valence-corrected chi connectivity index (χ1v) is 7.24. The zero-order valence-electron chi connectivity index (χ0n) is 11.3. The van der Waals surface area contributed by atoms with Crippen LogP contribution in [0.4, 0.5) is 5.95 Å². The first kappa shape index (κ1) is 13.7. The third kappa shape index (κ3) is 3.07. The molecule has 3 aromatic rings. The highest BCUT2D eigenvalue weighted by Gasteiger charge is 2.10. The van der Waals surface area contributed by atoms with Crippen molar-refractivity contribution in [2.75, 3.05) is 11.9 Å². The predicted octanol–water partition coefficient (Wildman–Crippen LogP) is 1.83. The van der Waals surface area contributed by atoms with E-state index in [1.807, 2.05) is 0 Å². The van der Waals surface area contributed by atoms with Gasteiger partial charge in [-0.2, -0.15) is 20.1 Å².